The molecule has 1 aliphatic rings. The average Bonchev–Trinajstić information content (AvgIpc) is 3.02. The fourth-order valence-electron chi connectivity index (χ4n) is 3.37. The first-order chi connectivity index (χ1) is 10.7. The smallest absolute Gasteiger partial charge is 0.191 e. The lowest BCUT2D eigenvalue weighted by Crippen LogP contribution is -2.43. The summed E-state index contributed by atoms with van der Waals surface area (Å²) in [5.74, 6) is 0.923. The van der Waals surface area contributed by atoms with Gasteiger partial charge in [0.1, 0.15) is 0 Å². The SMILES string of the molecule is CCC1(CNC(=NC)NCCc2ccncc2C)CCCC1. The Hall–Kier alpha value is -1.58. The molecule has 0 bridgehead atoms. The summed E-state index contributed by atoms with van der Waals surface area (Å²) in [6, 6.07) is 2.10. The normalized spacial score (nSPS) is 17.5. The van der Waals surface area contributed by atoms with Gasteiger partial charge in [-0.15, -0.1) is 0 Å². The molecule has 0 saturated heterocycles. The van der Waals surface area contributed by atoms with Crippen LogP contribution in [0, 0.1) is 12.3 Å². The Balaban J connectivity index is 1.77. The highest BCUT2D eigenvalue weighted by Gasteiger charge is 2.31. The quantitative estimate of drug-likeness (QED) is 0.627. The second-order valence-electron chi connectivity index (χ2n) is 6.47. The maximum absolute atomic E-state index is 4.35. The molecule has 22 heavy (non-hydrogen) atoms. The van der Waals surface area contributed by atoms with E-state index < -0.39 is 0 Å². The van der Waals surface area contributed by atoms with Crippen LogP contribution >= 0.6 is 0 Å². The van der Waals surface area contributed by atoms with Crippen molar-refractivity contribution in [2.45, 2.75) is 52.4 Å². The van der Waals surface area contributed by atoms with E-state index in [4.69, 9.17) is 0 Å². The van der Waals surface area contributed by atoms with E-state index in [0.717, 1.165) is 25.5 Å². The van der Waals surface area contributed by atoms with Gasteiger partial charge in [-0.2, -0.15) is 0 Å². The van der Waals surface area contributed by atoms with Crippen molar-refractivity contribution < 1.29 is 0 Å². The summed E-state index contributed by atoms with van der Waals surface area (Å²) in [5.41, 5.74) is 3.08. The minimum absolute atomic E-state index is 0.485. The highest BCUT2D eigenvalue weighted by molar-refractivity contribution is 5.79. The summed E-state index contributed by atoms with van der Waals surface area (Å²) in [6.07, 6.45) is 11.5. The Morgan fingerprint density at radius 1 is 1.32 bits per heavy atom. The average molecular weight is 302 g/mol. The summed E-state index contributed by atoms with van der Waals surface area (Å²) < 4.78 is 0. The molecule has 1 aromatic rings. The van der Waals surface area contributed by atoms with E-state index in [1.807, 2.05) is 19.4 Å². The van der Waals surface area contributed by atoms with E-state index in [1.54, 1.807) is 0 Å². The summed E-state index contributed by atoms with van der Waals surface area (Å²) >= 11 is 0. The second-order valence-corrected chi connectivity index (χ2v) is 6.47. The van der Waals surface area contributed by atoms with Crippen molar-refractivity contribution in [1.82, 2.24) is 15.6 Å². The van der Waals surface area contributed by atoms with E-state index in [1.165, 1.54) is 43.2 Å². The molecular weight excluding hydrogens is 272 g/mol. The molecule has 0 amide bonds. The van der Waals surface area contributed by atoms with Gasteiger partial charge >= 0.3 is 0 Å². The van der Waals surface area contributed by atoms with Gasteiger partial charge in [-0.25, -0.2) is 0 Å². The Kier molecular flexibility index (Phi) is 6.22. The van der Waals surface area contributed by atoms with Crippen LogP contribution < -0.4 is 10.6 Å². The Morgan fingerprint density at radius 3 is 2.73 bits per heavy atom. The van der Waals surface area contributed by atoms with Gasteiger partial charge in [0.15, 0.2) is 5.96 Å². The molecular formula is C18H30N4. The van der Waals surface area contributed by atoms with Crippen LogP contribution in [0.15, 0.2) is 23.5 Å². The third-order valence-corrected chi connectivity index (χ3v) is 5.09. The fraction of sp³-hybridized carbons (Fsp3) is 0.667. The molecule has 2 rings (SSSR count). The van der Waals surface area contributed by atoms with Crippen LogP contribution in [0.25, 0.3) is 0 Å². The zero-order valence-electron chi connectivity index (χ0n) is 14.3. The van der Waals surface area contributed by atoms with Crippen LogP contribution in [-0.4, -0.2) is 31.1 Å². The van der Waals surface area contributed by atoms with Gasteiger partial charge in [0, 0.05) is 32.5 Å². The van der Waals surface area contributed by atoms with Crippen LogP contribution in [0.1, 0.15) is 50.2 Å². The molecule has 0 aromatic carbocycles. The number of hydrogen-bond acceptors (Lipinski definition) is 2. The number of aliphatic imine (C=N–C) groups is 1. The number of nitrogens with zero attached hydrogens (tertiary/aromatic N) is 2. The molecule has 1 fully saturated rings. The zero-order valence-corrected chi connectivity index (χ0v) is 14.3. The van der Waals surface area contributed by atoms with Gasteiger partial charge in [-0.05, 0) is 55.2 Å². The maximum atomic E-state index is 4.35. The molecule has 122 valence electrons. The monoisotopic (exact) mass is 302 g/mol. The first kappa shape index (κ1) is 16.8. The van der Waals surface area contributed by atoms with Crippen molar-refractivity contribution >= 4 is 5.96 Å². The minimum atomic E-state index is 0.485. The van der Waals surface area contributed by atoms with Crippen LogP contribution in [0.5, 0.6) is 0 Å². The van der Waals surface area contributed by atoms with Gasteiger partial charge in [-0.1, -0.05) is 19.8 Å². The molecule has 0 radical (unpaired) electrons. The van der Waals surface area contributed by atoms with E-state index in [2.05, 4.69) is 40.5 Å². The summed E-state index contributed by atoms with van der Waals surface area (Å²) in [4.78, 5) is 8.49. The molecule has 1 heterocycles. The third kappa shape index (κ3) is 4.46. The molecule has 4 heteroatoms. The minimum Gasteiger partial charge on any atom is -0.356 e. The highest BCUT2D eigenvalue weighted by atomic mass is 15.2. The van der Waals surface area contributed by atoms with Crippen molar-refractivity contribution in [1.29, 1.82) is 0 Å². The number of aromatic nitrogens is 1. The lowest BCUT2D eigenvalue weighted by atomic mass is 9.83. The number of nitrogens with one attached hydrogen (secondary N) is 2. The van der Waals surface area contributed by atoms with Crippen molar-refractivity contribution in [3.8, 4) is 0 Å². The summed E-state index contributed by atoms with van der Waals surface area (Å²) in [7, 11) is 1.85. The van der Waals surface area contributed by atoms with Crippen molar-refractivity contribution in [3.63, 3.8) is 0 Å². The largest absolute Gasteiger partial charge is 0.356 e. The maximum Gasteiger partial charge on any atom is 0.191 e. The van der Waals surface area contributed by atoms with E-state index in [0.29, 0.717) is 5.41 Å². The molecule has 0 spiro atoms. The summed E-state index contributed by atoms with van der Waals surface area (Å²) in [6.45, 7) is 6.36. The molecule has 1 aliphatic carbocycles. The van der Waals surface area contributed by atoms with Crippen molar-refractivity contribution in [3.05, 3.63) is 29.6 Å². The highest BCUT2D eigenvalue weighted by Crippen LogP contribution is 2.40. The molecule has 2 N–H and O–H groups in total. The predicted molar refractivity (Wildman–Crippen MR) is 93.2 cm³/mol. The Morgan fingerprint density at radius 2 is 2.09 bits per heavy atom. The Labute approximate surface area is 134 Å². The number of aryl methyl sites for hydroxylation is 1. The van der Waals surface area contributed by atoms with Gasteiger partial charge in [-0.3, -0.25) is 9.98 Å². The molecule has 1 saturated carbocycles. The third-order valence-electron chi connectivity index (χ3n) is 5.09. The number of pyridine rings is 1. The van der Waals surface area contributed by atoms with Gasteiger partial charge in [0.05, 0.1) is 0 Å². The van der Waals surface area contributed by atoms with Crippen LogP contribution in [0.3, 0.4) is 0 Å². The van der Waals surface area contributed by atoms with Crippen LogP contribution in [0.2, 0.25) is 0 Å². The predicted octanol–water partition coefficient (Wildman–Crippen LogP) is 3.07. The topological polar surface area (TPSA) is 49.3 Å². The number of hydrogen-bond donors (Lipinski definition) is 2. The zero-order chi connectivity index (χ0) is 15.8. The number of rotatable bonds is 6. The van der Waals surface area contributed by atoms with Crippen LogP contribution in [-0.2, 0) is 6.42 Å². The molecule has 0 unspecified atom stereocenters. The standard InChI is InChI=1S/C18H30N4/c1-4-18(9-5-6-10-18)14-22-17(19-3)21-12-8-16-7-11-20-13-15(16)2/h7,11,13H,4-6,8-10,12,14H2,1-3H3,(H2,19,21,22). The van der Waals surface area contributed by atoms with Gasteiger partial charge < -0.3 is 10.6 Å². The van der Waals surface area contributed by atoms with E-state index in [9.17, 15) is 0 Å². The van der Waals surface area contributed by atoms with Gasteiger partial charge in [0.2, 0.25) is 0 Å². The molecule has 0 atom stereocenters. The van der Waals surface area contributed by atoms with Crippen LogP contribution in [0.4, 0.5) is 0 Å². The van der Waals surface area contributed by atoms with E-state index in [-0.39, 0.29) is 0 Å². The van der Waals surface area contributed by atoms with Gasteiger partial charge in [0.25, 0.3) is 0 Å². The Bertz CT molecular complexity index is 490. The van der Waals surface area contributed by atoms with Crippen molar-refractivity contribution in [2.24, 2.45) is 10.4 Å². The van der Waals surface area contributed by atoms with Crippen molar-refractivity contribution in [2.75, 3.05) is 20.1 Å². The summed E-state index contributed by atoms with van der Waals surface area (Å²) in [5, 5.41) is 6.96. The van der Waals surface area contributed by atoms with E-state index >= 15 is 0 Å². The second kappa shape index (κ2) is 8.16. The lowest BCUT2D eigenvalue weighted by molar-refractivity contribution is 0.283. The molecule has 1 aromatic heterocycles. The number of guanidine groups is 1. The fourth-order valence-corrected chi connectivity index (χ4v) is 3.37. The molecule has 4 nitrogen and oxygen atoms in total. The first-order valence-electron chi connectivity index (χ1n) is 8.53. The lowest BCUT2D eigenvalue weighted by Gasteiger charge is -2.28. The first-order valence-corrected chi connectivity index (χ1v) is 8.53. The molecule has 0 aliphatic heterocycles.